The summed E-state index contributed by atoms with van der Waals surface area (Å²) in [6, 6.07) is 3.24. The highest BCUT2D eigenvalue weighted by atomic mass is 35.5. The van der Waals surface area contributed by atoms with Gasteiger partial charge in [0.05, 0.1) is 22.7 Å². The summed E-state index contributed by atoms with van der Waals surface area (Å²) in [4.78, 5) is 16.5. The number of benzene rings is 1. The molecule has 0 aromatic heterocycles. The van der Waals surface area contributed by atoms with Crippen molar-refractivity contribution in [2.24, 2.45) is 10.1 Å². The molecule has 0 spiro atoms. The SMILES string of the molecule is CCCCCC1=NN2C(=N)/C(=C\c3cc(Cl)c(OC)c(Cl)c3)C(=O)N=C2S1. The number of ether oxygens (including phenoxy) is 1. The Kier molecular flexibility index (Phi) is 6.24. The van der Waals surface area contributed by atoms with Gasteiger partial charge in [0.2, 0.25) is 5.17 Å². The number of aliphatic imine (C=N–C) groups is 1. The molecule has 1 aromatic rings. The Morgan fingerprint density at radius 2 is 2.00 bits per heavy atom. The van der Waals surface area contributed by atoms with Crippen LogP contribution >= 0.6 is 35.0 Å². The van der Waals surface area contributed by atoms with Gasteiger partial charge in [0.1, 0.15) is 5.04 Å². The fourth-order valence-corrected chi connectivity index (χ4v) is 4.27. The van der Waals surface area contributed by atoms with Crippen molar-refractivity contribution in [3.63, 3.8) is 0 Å². The number of amides is 1. The van der Waals surface area contributed by atoms with Crippen LogP contribution in [0.15, 0.2) is 27.8 Å². The van der Waals surface area contributed by atoms with Crippen LogP contribution in [0.5, 0.6) is 5.75 Å². The fraction of sp³-hybridized carbons (Fsp3) is 0.333. The summed E-state index contributed by atoms with van der Waals surface area (Å²) in [5.41, 5.74) is 0.715. The van der Waals surface area contributed by atoms with Crippen molar-refractivity contribution in [3.8, 4) is 5.75 Å². The number of fused-ring (bicyclic) bond motifs is 1. The largest absolute Gasteiger partial charge is 0.494 e. The van der Waals surface area contributed by atoms with Crippen LogP contribution in [0.4, 0.5) is 0 Å². The molecule has 0 radical (unpaired) electrons. The van der Waals surface area contributed by atoms with E-state index in [0.29, 0.717) is 26.5 Å². The van der Waals surface area contributed by atoms with E-state index in [1.807, 2.05) is 0 Å². The molecular weight excluding hydrogens is 407 g/mol. The number of nitrogens with zero attached hydrogens (tertiary/aromatic N) is 3. The lowest BCUT2D eigenvalue weighted by molar-refractivity contribution is -0.114. The van der Waals surface area contributed by atoms with Crippen LogP contribution in [0.2, 0.25) is 10.0 Å². The summed E-state index contributed by atoms with van der Waals surface area (Å²) in [5.74, 6) is -0.124. The molecule has 142 valence electrons. The van der Waals surface area contributed by atoms with Crippen molar-refractivity contribution in [2.75, 3.05) is 7.11 Å². The van der Waals surface area contributed by atoms with E-state index in [-0.39, 0.29) is 11.4 Å². The second-order valence-corrected chi connectivity index (χ2v) is 7.84. The van der Waals surface area contributed by atoms with Crippen molar-refractivity contribution in [3.05, 3.63) is 33.3 Å². The molecule has 0 saturated carbocycles. The molecule has 0 bridgehead atoms. The monoisotopic (exact) mass is 424 g/mol. The van der Waals surface area contributed by atoms with Gasteiger partial charge in [-0.3, -0.25) is 10.2 Å². The number of hydrogen-bond donors (Lipinski definition) is 1. The summed E-state index contributed by atoms with van der Waals surface area (Å²) >= 11 is 13.7. The molecule has 1 aromatic carbocycles. The molecule has 2 heterocycles. The second kappa shape index (κ2) is 8.46. The minimum Gasteiger partial charge on any atom is -0.494 e. The zero-order valence-corrected chi connectivity index (χ0v) is 17.2. The summed E-state index contributed by atoms with van der Waals surface area (Å²) in [6.45, 7) is 2.14. The second-order valence-electron chi connectivity index (χ2n) is 5.99. The van der Waals surface area contributed by atoms with Crippen LogP contribution in [0, 0.1) is 5.41 Å². The summed E-state index contributed by atoms with van der Waals surface area (Å²) in [6.07, 6.45) is 5.62. The van der Waals surface area contributed by atoms with Gasteiger partial charge in [0.25, 0.3) is 5.91 Å². The van der Waals surface area contributed by atoms with E-state index in [0.717, 1.165) is 30.7 Å². The van der Waals surface area contributed by atoms with Crippen molar-refractivity contribution >= 4 is 63.0 Å². The Balaban J connectivity index is 1.88. The van der Waals surface area contributed by atoms with Crippen LogP contribution in [0.25, 0.3) is 6.08 Å². The Morgan fingerprint density at radius 1 is 1.30 bits per heavy atom. The van der Waals surface area contributed by atoms with Crippen molar-refractivity contribution in [1.29, 1.82) is 5.41 Å². The predicted octanol–water partition coefficient (Wildman–Crippen LogP) is 5.20. The van der Waals surface area contributed by atoms with Crippen LogP contribution in [-0.2, 0) is 4.79 Å². The minimum atomic E-state index is -0.480. The van der Waals surface area contributed by atoms with Gasteiger partial charge in [-0.2, -0.15) is 15.1 Å². The molecule has 2 aliphatic rings. The third-order valence-corrected chi connectivity index (χ3v) is 5.56. The Morgan fingerprint density at radius 3 is 2.63 bits per heavy atom. The quantitative estimate of drug-likeness (QED) is 0.502. The highest BCUT2D eigenvalue weighted by Gasteiger charge is 2.35. The van der Waals surface area contributed by atoms with Gasteiger partial charge in [-0.05, 0) is 48.4 Å². The van der Waals surface area contributed by atoms with Crippen LogP contribution < -0.4 is 4.74 Å². The molecular formula is C18H18Cl2N4O2S. The number of hydrogen-bond acceptors (Lipinski definition) is 5. The van der Waals surface area contributed by atoms with Crippen molar-refractivity contribution in [1.82, 2.24) is 5.01 Å². The third-order valence-electron chi connectivity index (χ3n) is 4.03. The van der Waals surface area contributed by atoms with Gasteiger partial charge >= 0.3 is 0 Å². The van der Waals surface area contributed by atoms with Gasteiger partial charge < -0.3 is 4.74 Å². The lowest BCUT2D eigenvalue weighted by Crippen LogP contribution is -2.35. The Labute approximate surface area is 171 Å². The van der Waals surface area contributed by atoms with Crippen molar-refractivity contribution in [2.45, 2.75) is 32.6 Å². The number of thioether (sulfide) groups is 1. The first-order valence-electron chi connectivity index (χ1n) is 8.46. The average Bonchev–Trinajstić information content (AvgIpc) is 3.01. The van der Waals surface area contributed by atoms with E-state index in [4.69, 9.17) is 33.3 Å². The molecule has 3 rings (SSSR count). The van der Waals surface area contributed by atoms with E-state index >= 15 is 0 Å². The number of halogens is 2. The van der Waals surface area contributed by atoms with Gasteiger partial charge in [0, 0.05) is 0 Å². The Bertz CT molecular complexity index is 872. The van der Waals surface area contributed by atoms with E-state index in [1.54, 1.807) is 12.1 Å². The number of nitrogens with one attached hydrogen (secondary N) is 1. The summed E-state index contributed by atoms with van der Waals surface area (Å²) in [7, 11) is 1.48. The zero-order chi connectivity index (χ0) is 19.6. The van der Waals surface area contributed by atoms with Crippen LogP contribution in [0.3, 0.4) is 0 Å². The lowest BCUT2D eigenvalue weighted by atomic mass is 10.1. The number of hydrazone groups is 1. The molecule has 0 saturated heterocycles. The number of rotatable bonds is 6. The lowest BCUT2D eigenvalue weighted by Gasteiger charge is -2.20. The normalized spacial score (nSPS) is 17.9. The number of methoxy groups -OCH3 is 1. The summed E-state index contributed by atoms with van der Waals surface area (Å²) < 4.78 is 5.13. The van der Waals surface area contributed by atoms with Crippen molar-refractivity contribution < 1.29 is 9.53 Å². The molecule has 1 N–H and O–H groups in total. The standard InChI is InChI=1S/C18H18Cl2N4O2S/c1-3-4-5-6-14-23-24-16(21)11(17(25)22-18(24)27-14)7-10-8-12(19)15(26-2)13(20)9-10/h7-9,21H,3-6H2,1-2H3/b11-7+,21-16?. The smallest absolute Gasteiger partial charge is 0.283 e. The number of carbonyl (C=O) groups excluding carboxylic acids is 1. The molecule has 6 nitrogen and oxygen atoms in total. The van der Waals surface area contributed by atoms with Crippen LogP contribution in [-0.4, -0.2) is 34.1 Å². The third kappa shape index (κ3) is 4.20. The average molecular weight is 425 g/mol. The molecule has 0 fully saturated rings. The topological polar surface area (TPSA) is 78.1 Å². The van der Waals surface area contributed by atoms with Crippen LogP contribution in [0.1, 0.15) is 38.2 Å². The first kappa shape index (κ1) is 19.9. The molecule has 2 aliphatic heterocycles. The highest BCUT2D eigenvalue weighted by molar-refractivity contribution is 8.26. The van der Waals surface area contributed by atoms with E-state index in [2.05, 4.69) is 17.0 Å². The number of carbonyl (C=O) groups is 1. The predicted molar refractivity (Wildman–Crippen MR) is 112 cm³/mol. The van der Waals surface area contributed by atoms with E-state index < -0.39 is 5.91 Å². The highest BCUT2D eigenvalue weighted by Crippen LogP contribution is 2.35. The van der Waals surface area contributed by atoms with Gasteiger partial charge in [-0.15, -0.1) is 0 Å². The molecule has 0 aliphatic carbocycles. The number of unbranched alkanes of at least 4 members (excludes halogenated alkanes) is 2. The minimum absolute atomic E-state index is 0.00828. The first-order valence-corrected chi connectivity index (χ1v) is 10.0. The molecule has 27 heavy (non-hydrogen) atoms. The molecule has 0 unspecified atom stereocenters. The zero-order valence-electron chi connectivity index (χ0n) is 14.9. The Hall–Kier alpha value is -1.83. The maximum atomic E-state index is 12.4. The maximum Gasteiger partial charge on any atom is 0.283 e. The van der Waals surface area contributed by atoms with E-state index in [9.17, 15) is 4.79 Å². The molecule has 1 amide bonds. The maximum absolute atomic E-state index is 12.4. The molecule has 0 atom stereocenters. The molecule has 9 heteroatoms. The van der Waals surface area contributed by atoms with Gasteiger partial charge in [-0.1, -0.05) is 43.0 Å². The van der Waals surface area contributed by atoms with Gasteiger partial charge in [0.15, 0.2) is 11.6 Å². The van der Waals surface area contributed by atoms with E-state index in [1.165, 1.54) is 30.0 Å². The fourth-order valence-electron chi connectivity index (χ4n) is 2.68. The summed E-state index contributed by atoms with van der Waals surface area (Å²) in [5, 5.41) is 16.2. The van der Waals surface area contributed by atoms with Gasteiger partial charge in [-0.25, -0.2) is 0 Å². The number of amidine groups is 2. The first-order chi connectivity index (χ1) is 12.9.